The maximum atomic E-state index is 11.8. The first-order valence-corrected chi connectivity index (χ1v) is 6.95. The predicted octanol–water partition coefficient (Wildman–Crippen LogP) is 4.74. The van der Waals surface area contributed by atoms with E-state index in [1.54, 1.807) is 6.92 Å². The van der Waals surface area contributed by atoms with Crippen molar-refractivity contribution >= 4 is 38.2 Å². The molecule has 1 aromatic heterocycles. The van der Waals surface area contributed by atoms with Crippen molar-refractivity contribution in [1.82, 2.24) is 4.98 Å². The highest BCUT2D eigenvalue weighted by Gasteiger charge is 2.08. The van der Waals surface area contributed by atoms with Crippen LogP contribution in [0.25, 0.3) is 32.4 Å². The van der Waals surface area contributed by atoms with E-state index in [9.17, 15) is 4.79 Å². The third-order valence-electron chi connectivity index (χ3n) is 3.97. The zero-order valence-electron chi connectivity index (χ0n) is 11.6. The zero-order chi connectivity index (χ0) is 14.4. The summed E-state index contributed by atoms with van der Waals surface area (Å²) in [6.45, 7) is 1.61. The molecule has 0 aliphatic heterocycles. The van der Waals surface area contributed by atoms with Gasteiger partial charge >= 0.3 is 0 Å². The summed E-state index contributed by atoms with van der Waals surface area (Å²) in [6, 6.07) is 18.2. The van der Waals surface area contributed by atoms with Gasteiger partial charge in [-0.15, -0.1) is 0 Å². The van der Waals surface area contributed by atoms with Gasteiger partial charge in [-0.3, -0.25) is 9.78 Å². The van der Waals surface area contributed by atoms with E-state index in [4.69, 9.17) is 0 Å². The molecule has 100 valence electrons. The number of rotatable bonds is 1. The molecule has 0 fully saturated rings. The van der Waals surface area contributed by atoms with Gasteiger partial charge in [-0.25, -0.2) is 0 Å². The van der Waals surface area contributed by atoms with Crippen molar-refractivity contribution in [3.05, 3.63) is 66.4 Å². The molecule has 0 aliphatic carbocycles. The second-order valence-electron chi connectivity index (χ2n) is 5.30. The van der Waals surface area contributed by atoms with Crippen molar-refractivity contribution < 1.29 is 4.79 Å². The van der Waals surface area contributed by atoms with E-state index >= 15 is 0 Å². The predicted molar refractivity (Wildman–Crippen MR) is 86.8 cm³/mol. The Morgan fingerprint density at radius 1 is 0.857 bits per heavy atom. The van der Waals surface area contributed by atoms with Crippen LogP contribution in [-0.4, -0.2) is 10.8 Å². The van der Waals surface area contributed by atoms with Crippen molar-refractivity contribution in [2.45, 2.75) is 6.92 Å². The number of benzene rings is 3. The number of hydrogen-bond donors (Lipinski definition) is 0. The molecule has 0 saturated carbocycles. The number of fused-ring (bicyclic) bond motifs is 4. The third-order valence-corrected chi connectivity index (χ3v) is 3.97. The first kappa shape index (κ1) is 12.0. The summed E-state index contributed by atoms with van der Waals surface area (Å²) in [7, 11) is 0. The van der Waals surface area contributed by atoms with Crippen molar-refractivity contribution in [3.63, 3.8) is 0 Å². The molecule has 2 heteroatoms. The lowest BCUT2D eigenvalue weighted by Crippen LogP contribution is -1.93. The van der Waals surface area contributed by atoms with E-state index in [0.717, 1.165) is 38.0 Å². The van der Waals surface area contributed by atoms with Gasteiger partial charge in [0, 0.05) is 22.5 Å². The van der Waals surface area contributed by atoms with Gasteiger partial charge in [0.05, 0.1) is 5.52 Å². The molecule has 0 aliphatic rings. The summed E-state index contributed by atoms with van der Waals surface area (Å²) in [5, 5.41) is 5.44. The average molecular weight is 271 g/mol. The fourth-order valence-corrected chi connectivity index (χ4v) is 2.94. The molecule has 0 atom stereocenters. The van der Waals surface area contributed by atoms with Gasteiger partial charge in [-0.2, -0.15) is 0 Å². The van der Waals surface area contributed by atoms with Gasteiger partial charge in [0.1, 0.15) is 0 Å². The van der Waals surface area contributed by atoms with E-state index in [2.05, 4.69) is 23.2 Å². The number of aromatic nitrogens is 1. The average Bonchev–Trinajstić information content (AvgIpc) is 2.52. The molecule has 0 N–H and O–H groups in total. The van der Waals surface area contributed by atoms with E-state index in [1.165, 1.54) is 0 Å². The molecule has 0 saturated heterocycles. The Morgan fingerprint density at radius 3 is 2.57 bits per heavy atom. The highest BCUT2D eigenvalue weighted by molar-refractivity contribution is 6.15. The lowest BCUT2D eigenvalue weighted by Gasteiger charge is -2.08. The van der Waals surface area contributed by atoms with Crippen LogP contribution in [0.15, 0.2) is 60.8 Å². The summed E-state index contributed by atoms with van der Waals surface area (Å²) in [5.74, 6) is 0.0957. The Morgan fingerprint density at radius 2 is 1.71 bits per heavy atom. The summed E-state index contributed by atoms with van der Waals surface area (Å²) in [6.07, 6.45) is 1.90. The SMILES string of the molecule is CC(=O)c1cccc2cc3cnc4ccccc4c3cc12. The molecule has 0 radical (unpaired) electrons. The Labute approximate surface area is 122 Å². The smallest absolute Gasteiger partial charge is 0.160 e. The van der Waals surface area contributed by atoms with Gasteiger partial charge in [0.15, 0.2) is 5.78 Å². The first-order chi connectivity index (χ1) is 10.2. The largest absolute Gasteiger partial charge is 0.294 e. The van der Waals surface area contributed by atoms with Gasteiger partial charge in [-0.1, -0.05) is 36.4 Å². The lowest BCUT2D eigenvalue weighted by molar-refractivity contribution is 0.101. The minimum atomic E-state index is 0.0957. The maximum absolute atomic E-state index is 11.8. The number of carbonyl (C=O) groups excluding carboxylic acids is 1. The van der Waals surface area contributed by atoms with Crippen LogP contribution in [0.4, 0.5) is 0 Å². The third kappa shape index (κ3) is 1.80. The first-order valence-electron chi connectivity index (χ1n) is 6.95. The Kier molecular flexibility index (Phi) is 2.51. The number of nitrogens with zero attached hydrogens (tertiary/aromatic N) is 1. The van der Waals surface area contributed by atoms with Crippen LogP contribution >= 0.6 is 0 Å². The van der Waals surface area contributed by atoms with E-state index in [0.29, 0.717) is 0 Å². The Hall–Kier alpha value is -2.74. The molecule has 2 nitrogen and oxygen atoms in total. The highest BCUT2D eigenvalue weighted by Crippen LogP contribution is 2.29. The fraction of sp³-hybridized carbons (Fsp3) is 0.0526. The molecule has 1 heterocycles. The van der Waals surface area contributed by atoms with Crippen LogP contribution in [0.2, 0.25) is 0 Å². The molecule has 4 rings (SSSR count). The Bertz CT molecular complexity index is 1020. The normalized spacial score (nSPS) is 11.3. The van der Waals surface area contributed by atoms with Crippen molar-refractivity contribution in [1.29, 1.82) is 0 Å². The second kappa shape index (κ2) is 4.38. The monoisotopic (exact) mass is 271 g/mol. The Balaban J connectivity index is 2.23. The standard InChI is InChI=1S/C19H13NO/c1-12(21)15-7-4-5-13-9-14-11-20-19-8-3-2-6-16(19)18(14)10-17(13)15/h2-11H,1H3. The lowest BCUT2D eigenvalue weighted by atomic mass is 9.97. The van der Waals surface area contributed by atoms with Crippen LogP contribution in [0.1, 0.15) is 17.3 Å². The summed E-state index contributed by atoms with van der Waals surface area (Å²) < 4.78 is 0. The molecule has 4 aromatic rings. The number of hydrogen-bond acceptors (Lipinski definition) is 2. The van der Waals surface area contributed by atoms with Crippen LogP contribution < -0.4 is 0 Å². The number of Topliss-reactive ketones (excluding diaryl/α,β-unsaturated/α-hetero) is 1. The van der Waals surface area contributed by atoms with Crippen molar-refractivity contribution in [2.24, 2.45) is 0 Å². The molecule has 0 bridgehead atoms. The zero-order valence-corrected chi connectivity index (χ0v) is 11.6. The summed E-state index contributed by atoms with van der Waals surface area (Å²) in [4.78, 5) is 16.4. The molecular weight excluding hydrogens is 258 g/mol. The minimum Gasteiger partial charge on any atom is -0.294 e. The topological polar surface area (TPSA) is 30.0 Å². The van der Waals surface area contributed by atoms with Crippen LogP contribution in [-0.2, 0) is 0 Å². The van der Waals surface area contributed by atoms with Crippen molar-refractivity contribution in [3.8, 4) is 0 Å². The van der Waals surface area contributed by atoms with Gasteiger partial charge in [-0.05, 0) is 41.3 Å². The molecule has 21 heavy (non-hydrogen) atoms. The minimum absolute atomic E-state index is 0.0957. The summed E-state index contributed by atoms with van der Waals surface area (Å²) in [5.41, 5.74) is 1.75. The second-order valence-corrected chi connectivity index (χ2v) is 5.30. The van der Waals surface area contributed by atoms with Crippen LogP contribution in [0.3, 0.4) is 0 Å². The van der Waals surface area contributed by atoms with E-state index in [-0.39, 0.29) is 5.78 Å². The van der Waals surface area contributed by atoms with Gasteiger partial charge in [0.2, 0.25) is 0 Å². The number of pyridine rings is 1. The van der Waals surface area contributed by atoms with E-state index < -0.39 is 0 Å². The quantitative estimate of drug-likeness (QED) is 0.284. The van der Waals surface area contributed by atoms with Gasteiger partial charge in [0.25, 0.3) is 0 Å². The molecule has 3 aromatic carbocycles. The van der Waals surface area contributed by atoms with Crippen LogP contribution in [0, 0.1) is 0 Å². The number of carbonyl (C=O) groups is 1. The number of para-hydroxylation sites is 1. The highest BCUT2D eigenvalue weighted by atomic mass is 16.1. The number of ketones is 1. The maximum Gasteiger partial charge on any atom is 0.160 e. The fourth-order valence-electron chi connectivity index (χ4n) is 2.94. The van der Waals surface area contributed by atoms with Gasteiger partial charge < -0.3 is 0 Å². The van der Waals surface area contributed by atoms with Crippen molar-refractivity contribution in [2.75, 3.05) is 0 Å². The molecule has 0 spiro atoms. The molecule has 0 amide bonds. The summed E-state index contributed by atoms with van der Waals surface area (Å²) >= 11 is 0. The molecular formula is C19H13NO. The van der Waals surface area contributed by atoms with E-state index in [1.807, 2.05) is 42.6 Å². The van der Waals surface area contributed by atoms with Crippen LogP contribution in [0.5, 0.6) is 0 Å². The molecule has 0 unspecified atom stereocenters.